The first-order valence-corrected chi connectivity index (χ1v) is 7.86. The summed E-state index contributed by atoms with van der Waals surface area (Å²) in [5.41, 5.74) is 0. The average Bonchev–Trinajstić information content (AvgIpc) is 3.01. The zero-order valence-corrected chi connectivity index (χ0v) is 13.5. The van der Waals surface area contributed by atoms with Gasteiger partial charge < -0.3 is 19.1 Å². The number of halogens is 1. The largest absolute Gasteiger partial charge is 0.491 e. The molecule has 0 aliphatic carbocycles. The second-order valence-electron chi connectivity index (χ2n) is 5.84. The van der Waals surface area contributed by atoms with E-state index in [4.69, 9.17) is 9.47 Å². The van der Waals surface area contributed by atoms with Gasteiger partial charge in [0, 0.05) is 26.7 Å². The third-order valence-electron chi connectivity index (χ3n) is 3.91. The van der Waals surface area contributed by atoms with Gasteiger partial charge in [-0.15, -0.1) is 10.2 Å². The average molecular weight is 336 g/mol. The van der Waals surface area contributed by atoms with Crippen LogP contribution in [-0.2, 0) is 11.8 Å². The number of β-amino-alcohol motifs (C(OH)–C–C–N with tert-alkyl or cyclic N) is 1. The molecule has 2 aromatic rings. The molecule has 2 atom stereocenters. The molecule has 8 heteroatoms. The zero-order chi connectivity index (χ0) is 16.9. The van der Waals surface area contributed by atoms with Crippen molar-refractivity contribution in [3.63, 3.8) is 0 Å². The van der Waals surface area contributed by atoms with Gasteiger partial charge in [0.05, 0.1) is 6.61 Å². The first kappa shape index (κ1) is 16.8. The molecule has 0 unspecified atom stereocenters. The van der Waals surface area contributed by atoms with Crippen molar-refractivity contribution in [1.82, 2.24) is 19.7 Å². The molecule has 24 heavy (non-hydrogen) atoms. The van der Waals surface area contributed by atoms with Crippen LogP contribution in [0.4, 0.5) is 4.39 Å². The topological polar surface area (TPSA) is 72.6 Å². The van der Waals surface area contributed by atoms with Crippen LogP contribution in [0.15, 0.2) is 30.6 Å². The van der Waals surface area contributed by atoms with E-state index in [1.54, 1.807) is 18.5 Å². The molecule has 1 N–H and O–H groups in total. The van der Waals surface area contributed by atoms with E-state index in [9.17, 15) is 9.50 Å². The van der Waals surface area contributed by atoms with Crippen LogP contribution in [0.5, 0.6) is 5.75 Å². The Morgan fingerprint density at radius 2 is 2.21 bits per heavy atom. The highest BCUT2D eigenvalue weighted by molar-refractivity contribution is 5.22. The Labute approximate surface area is 139 Å². The number of aliphatic hydroxyl groups is 1. The lowest BCUT2D eigenvalue weighted by Gasteiger charge is -2.33. The van der Waals surface area contributed by atoms with Gasteiger partial charge in [-0.05, 0) is 24.3 Å². The van der Waals surface area contributed by atoms with Crippen LogP contribution in [0.1, 0.15) is 11.9 Å². The van der Waals surface area contributed by atoms with Crippen LogP contribution in [0.2, 0.25) is 0 Å². The minimum Gasteiger partial charge on any atom is -0.491 e. The number of morpholine rings is 1. The summed E-state index contributed by atoms with van der Waals surface area (Å²) in [6.07, 6.45) is 0.841. The van der Waals surface area contributed by atoms with Crippen LogP contribution in [-0.4, -0.2) is 63.7 Å². The molecule has 1 aliphatic heterocycles. The lowest BCUT2D eigenvalue weighted by Crippen LogP contribution is -2.44. The van der Waals surface area contributed by atoms with E-state index >= 15 is 0 Å². The quantitative estimate of drug-likeness (QED) is 0.840. The highest BCUT2D eigenvalue weighted by Gasteiger charge is 2.26. The third-order valence-corrected chi connectivity index (χ3v) is 3.91. The maximum Gasteiger partial charge on any atom is 0.163 e. The standard InChI is InChI=1S/C16H21FN4O3/c1-20-11-18-19-16(20)15-9-21(6-7-23-15)8-13(22)10-24-14-4-2-12(17)3-5-14/h2-5,11,13,15,22H,6-10H2,1H3/t13-,15-/m1/s1. The molecule has 1 aromatic heterocycles. The minimum atomic E-state index is -0.645. The summed E-state index contributed by atoms with van der Waals surface area (Å²) in [6.45, 7) is 2.57. The summed E-state index contributed by atoms with van der Waals surface area (Å²) < 4.78 is 25.9. The molecule has 0 saturated carbocycles. The molecule has 2 heterocycles. The van der Waals surface area contributed by atoms with Gasteiger partial charge in [-0.3, -0.25) is 4.90 Å². The van der Waals surface area contributed by atoms with Gasteiger partial charge in [-0.25, -0.2) is 4.39 Å². The molecule has 0 amide bonds. The summed E-state index contributed by atoms with van der Waals surface area (Å²) in [7, 11) is 1.88. The van der Waals surface area contributed by atoms with E-state index in [-0.39, 0.29) is 18.5 Å². The summed E-state index contributed by atoms with van der Waals surface area (Å²) in [6, 6.07) is 5.74. The van der Waals surface area contributed by atoms with Crippen molar-refractivity contribution >= 4 is 0 Å². The van der Waals surface area contributed by atoms with Crippen molar-refractivity contribution in [2.75, 3.05) is 32.8 Å². The van der Waals surface area contributed by atoms with Crippen LogP contribution in [0.3, 0.4) is 0 Å². The number of aliphatic hydroxyl groups excluding tert-OH is 1. The Hall–Kier alpha value is -2.03. The van der Waals surface area contributed by atoms with E-state index in [1.807, 2.05) is 11.6 Å². The summed E-state index contributed by atoms with van der Waals surface area (Å²) in [5.74, 6) is 0.997. The summed E-state index contributed by atoms with van der Waals surface area (Å²) in [5, 5.41) is 18.1. The van der Waals surface area contributed by atoms with Crippen molar-refractivity contribution in [2.24, 2.45) is 7.05 Å². The molecule has 0 spiro atoms. The Bertz CT molecular complexity index is 649. The number of aryl methyl sites for hydroxylation is 1. The molecule has 130 valence electrons. The third kappa shape index (κ3) is 4.28. The number of benzene rings is 1. The lowest BCUT2D eigenvalue weighted by atomic mass is 10.2. The Morgan fingerprint density at radius 1 is 1.42 bits per heavy atom. The first-order chi connectivity index (χ1) is 11.6. The van der Waals surface area contributed by atoms with Crippen LogP contribution < -0.4 is 4.74 Å². The number of hydrogen-bond acceptors (Lipinski definition) is 6. The van der Waals surface area contributed by atoms with Gasteiger partial charge in [0.1, 0.15) is 36.7 Å². The van der Waals surface area contributed by atoms with Gasteiger partial charge in [-0.1, -0.05) is 0 Å². The smallest absolute Gasteiger partial charge is 0.163 e. The van der Waals surface area contributed by atoms with E-state index in [0.717, 1.165) is 12.4 Å². The van der Waals surface area contributed by atoms with E-state index in [0.29, 0.717) is 25.4 Å². The molecule has 0 bridgehead atoms. The van der Waals surface area contributed by atoms with E-state index < -0.39 is 6.10 Å². The molecular formula is C16H21FN4O3. The van der Waals surface area contributed by atoms with Crippen molar-refractivity contribution in [3.05, 3.63) is 42.2 Å². The molecule has 3 rings (SSSR count). The van der Waals surface area contributed by atoms with Crippen LogP contribution >= 0.6 is 0 Å². The van der Waals surface area contributed by atoms with E-state index in [2.05, 4.69) is 15.1 Å². The van der Waals surface area contributed by atoms with Crippen molar-refractivity contribution < 1.29 is 19.0 Å². The Morgan fingerprint density at radius 3 is 2.92 bits per heavy atom. The molecule has 1 aliphatic rings. The van der Waals surface area contributed by atoms with Gasteiger partial charge in [0.2, 0.25) is 0 Å². The van der Waals surface area contributed by atoms with Crippen molar-refractivity contribution in [3.8, 4) is 5.75 Å². The van der Waals surface area contributed by atoms with Crippen LogP contribution in [0, 0.1) is 5.82 Å². The van der Waals surface area contributed by atoms with Crippen LogP contribution in [0.25, 0.3) is 0 Å². The number of ether oxygens (including phenoxy) is 2. The maximum atomic E-state index is 12.8. The number of nitrogens with zero attached hydrogens (tertiary/aromatic N) is 4. The predicted molar refractivity (Wildman–Crippen MR) is 84.0 cm³/mol. The summed E-state index contributed by atoms with van der Waals surface area (Å²) >= 11 is 0. The van der Waals surface area contributed by atoms with E-state index in [1.165, 1.54) is 12.1 Å². The SMILES string of the molecule is Cn1cnnc1[C@H]1CN(C[C@@H](O)COc2ccc(F)cc2)CCO1. The highest BCUT2D eigenvalue weighted by atomic mass is 19.1. The second-order valence-corrected chi connectivity index (χ2v) is 5.84. The molecule has 1 saturated heterocycles. The Kier molecular flexibility index (Phi) is 5.39. The number of aromatic nitrogens is 3. The van der Waals surface area contributed by atoms with Gasteiger partial charge in [-0.2, -0.15) is 0 Å². The van der Waals surface area contributed by atoms with Gasteiger partial charge in [0.15, 0.2) is 5.82 Å². The molecule has 1 aromatic carbocycles. The fourth-order valence-electron chi connectivity index (χ4n) is 2.68. The monoisotopic (exact) mass is 336 g/mol. The van der Waals surface area contributed by atoms with Gasteiger partial charge >= 0.3 is 0 Å². The minimum absolute atomic E-state index is 0.150. The summed E-state index contributed by atoms with van der Waals surface area (Å²) in [4.78, 5) is 2.11. The first-order valence-electron chi connectivity index (χ1n) is 7.86. The highest BCUT2D eigenvalue weighted by Crippen LogP contribution is 2.20. The maximum absolute atomic E-state index is 12.8. The molecule has 1 fully saturated rings. The predicted octanol–water partition coefficient (Wildman–Crippen LogP) is 0.767. The molecule has 0 radical (unpaired) electrons. The normalized spacial score (nSPS) is 20.0. The van der Waals surface area contributed by atoms with Crippen molar-refractivity contribution in [2.45, 2.75) is 12.2 Å². The van der Waals surface area contributed by atoms with Crippen molar-refractivity contribution in [1.29, 1.82) is 0 Å². The fourth-order valence-corrected chi connectivity index (χ4v) is 2.68. The number of rotatable bonds is 6. The molecular weight excluding hydrogens is 315 g/mol. The fraction of sp³-hybridized carbons (Fsp3) is 0.500. The van der Waals surface area contributed by atoms with Gasteiger partial charge in [0.25, 0.3) is 0 Å². The Balaban J connectivity index is 1.48. The number of hydrogen-bond donors (Lipinski definition) is 1. The lowest BCUT2D eigenvalue weighted by molar-refractivity contribution is -0.0506. The second kappa shape index (κ2) is 7.69. The molecule has 7 nitrogen and oxygen atoms in total. The zero-order valence-electron chi connectivity index (χ0n) is 13.5.